The average molecular weight is 499 g/mol. The molecule has 0 atom stereocenters. The summed E-state index contributed by atoms with van der Waals surface area (Å²) in [5, 5.41) is 6.42. The van der Waals surface area contributed by atoms with Crippen LogP contribution in [0.3, 0.4) is 0 Å². The van der Waals surface area contributed by atoms with Gasteiger partial charge in [0.1, 0.15) is 17.3 Å². The lowest BCUT2D eigenvalue weighted by atomic mass is 9.77. The van der Waals surface area contributed by atoms with E-state index >= 15 is 0 Å². The predicted octanol–water partition coefficient (Wildman–Crippen LogP) is 3.26. The van der Waals surface area contributed by atoms with E-state index in [4.69, 9.17) is 14.0 Å². The van der Waals surface area contributed by atoms with Gasteiger partial charge in [0, 0.05) is 45.1 Å². The standard InChI is InChI=1S/C26H34N4O6/c1-18-15-22(28-36-18)27-23(31)5-4-6-24(32)30-14-11-26(17-30)9-12-29(13-10-26)25(33)20-16-19(34-2)7-8-21(20)35-3/h7-8,15-16H,4-6,9-14,17H2,1-3H3,(H,27,28,31). The molecule has 3 amide bonds. The minimum absolute atomic E-state index is 0.0487. The molecule has 0 radical (unpaired) electrons. The molecular weight excluding hydrogens is 464 g/mol. The summed E-state index contributed by atoms with van der Waals surface area (Å²) in [6.07, 6.45) is 3.72. The Morgan fingerprint density at radius 1 is 1.03 bits per heavy atom. The number of aryl methyl sites for hydroxylation is 1. The summed E-state index contributed by atoms with van der Waals surface area (Å²) in [7, 11) is 3.13. The molecule has 36 heavy (non-hydrogen) atoms. The molecule has 2 fully saturated rings. The Morgan fingerprint density at radius 2 is 1.75 bits per heavy atom. The van der Waals surface area contributed by atoms with Gasteiger partial charge in [-0.3, -0.25) is 14.4 Å². The van der Waals surface area contributed by atoms with Crippen molar-refractivity contribution in [3.8, 4) is 11.5 Å². The Bertz CT molecular complexity index is 1110. The minimum Gasteiger partial charge on any atom is -0.497 e. The van der Waals surface area contributed by atoms with E-state index in [2.05, 4.69) is 10.5 Å². The van der Waals surface area contributed by atoms with Crippen molar-refractivity contribution in [1.82, 2.24) is 15.0 Å². The summed E-state index contributed by atoms with van der Waals surface area (Å²) >= 11 is 0. The molecule has 1 spiro atoms. The second-order valence-corrected chi connectivity index (χ2v) is 9.65. The first-order valence-corrected chi connectivity index (χ1v) is 12.3. The van der Waals surface area contributed by atoms with Crippen molar-refractivity contribution in [3.63, 3.8) is 0 Å². The molecule has 194 valence electrons. The third kappa shape index (κ3) is 5.80. The zero-order valence-corrected chi connectivity index (χ0v) is 21.2. The zero-order valence-electron chi connectivity index (χ0n) is 21.2. The number of rotatable bonds is 8. The Hall–Kier alpha value is -3.56. The van der Waals surface area contributed by atoms with E-state index in [1.165, 1.54) is 0 Å². The number of likely N-dealkylation sites (tertiary alicyclic amines) is 2. The lowest BCUT2D eigenvalue weighted by Crippen LogP contribution is -2.44. The fraction of sp³-hybridized carbons (Fsp3) is 0.538. The van der Waals surface area contributed by atoms with Crippen molar-refractivity contribution >= 4 is 23.5 Å². The van der Waals surface area contributed by atoms with Crippen molar-refractivity contribution in [2.75, 3.05) is 45.7 Å². The van der Waals surface area contributed by atoms with Crippen LogP contribution >= 0.6 is 0 Å². The van der Waals surface area contributed by atoms with Gasteiger partial charge in [-0.1, -0.05) is 5.16 Å². The van der Waals surface area contributed by atoms with Crippen LogP contribution in [0.4, 0.5) is 5.82 Å². The summed E-state index contributed by atoms with van der Waals surface area (Å²) in [6.45, 7) is 4.47. The van der Waals surface area contributed by atoms with Crippen LogP contribution in [0.15, 0.2) is 28.8 Å². The number of hydrogen-bond donors (Lipinski definition) is 1. The number of carbonyl (C=O) groups is 3. The third-order valence-electron chi connectivity index (χ3n) is 7.23. The number of nitrogens with zero attached hydrogens (tertiary/aromatic N) is 3. The van der Waals surface area contributed by atoms with E-state index < -0.39 is 0 Å². The summed E-state index contributed by atoms with van der Waals surface area (Å²) in [5.41, 5.74) is 0.548. The molecule has 1 N–H and O–H groups in total. The molecule has 1 aromatic heterocycles. The van der Waals surface area contributed by atoms with Crippen LogP contribution in [-0.2, 0) is 9.59 Å². The van der Waals surface area contributed by atoms with Crippen molar-refractivity contribution in [2.24, 2.45) is 5.41 Å². The summed E-state index contributed by atoms with van der Waals surface area (Å²) < 4.78 is 15.6. The SMILES string of the molecule is COc1ccc(OC)c(C(=O)N2CCC3(CCN(C(=O)CCCC(=O)Nc4cc(C)on4)C3)CC2)c1. The topological polar surface area (TPSA) is 114 Å². The maximum atomic E-state index is 13.2. The molecule has 10 heteroatoms. The number of methoxy groups -OCH3 is 2. The third-order valence-corrected chi connectivity index (χ3v) is 7.23. The van der Waals surface area contributed by atoms with E-state index in [1.54, 1.807) is 45.4 Å². The molecule has 2 aliphatic heterocycles. The number of ether oxygens (including phenoxy) is 2. The smallest absolute Gasteiger partial charge is 0.257 e. The van der Waals surface area contributed by atoms with Crippen LogP contribution in [0.1, 0.15) is 54.6 Å². The van der Waals surface area contributed by atoms with Gasteiger partial charge in [-0.2, -0.15) is 0 Å². The molecule has 2 aliphatic rings. The maximum absolute atomic E-state index is 13.2. The van der Waals surface area contributed by atoms with Gasteiger partial charge >= 0.3 is 0 Å². The van der Waals surface area contributed by atoms with E-state index in [1.807, 2.05) is 9.80 Å². The Morgan fingerprint density at radius 3 is 2.39 bits per heavy atom. The van der Waals surface area contributed by atoms with Crippen LogP contribution in [0.5, 0.6) is 11.5 Å². The molecule has 2 saturated heterocycles. The molecular formula is C26H34N4O6. The van der Waals surface area contributed by atoms with Crippen LogP contribution in [0.2, 0.25) is 0 Å². The highest BCUT2D eigenvalue weighted by molar-refractivity contribution is 5.97. The lowest BCUT2D eigenvalue weighted by molar-refractivity contribution is -0.130. The number of benzene rings is 1. The van der Waals surface area contributed by atoms with E-state index in [0.717, 1.165) is 25.8 Å². The highest BCUT2D eigenvalue weighted by Gasteiger charge is 2.42. The van der Waals surface area contributed by atoms with Gasteiger partial charge in [-0.25, -0.2) is 0 Å². The largest absolute Gasteiger partial charge is 0.497 e. The molecule has 0 unspecified atom stereocenters. The quantitative estimate of drug-likeness (QED) is 0.594. The first-order valence-electron chi connectivity index (χ1n) is 12.3. The first-order chi connectivity index (χ1) is 17.3. The number of anilines is 1. The highest BCUT2D eigenvalue weighted by Crippen LogP contribution is 2.41. The van der Waals surface area contributed by atoms with Crippen molar-refractivity contribution in [3.05, 3.63) is 35.6 Å². The van der Waals surface area contributed by atoms with E-state index in [-0.39, 0.29) is 29.6 Å². The van der Waals surface area contributed by atoms with Gasteiger partial charge in [0.25, 0.3) is 5.91 Å². The second-order valence-electron chi connectivity index (χ2n) is 9.65. The van der Waals surface area contributed by atoms with Gasteiger partial charge < -0.3 is 29.1 Å². The van der Waals surface area contributed by atoms with Crippen LogP contribution in [0, 0.1) is 12.3 Å². The molecule has 0 bridgehead atoms. The summed E-state index contributed by atoms with van der Waals surface area (Å²) in [6, 6.07) is 6.89. The second kappa shape index (κ2) is 11.0. The molecule has 0 saturated carbocycles. The summed E-state index contributed by atoms with van der Waals surface area (Å²) in [5.74, 6) is 1.99. The molecule has 2 aromatic rings. The van der Waals surface area contributed by atoms with Gasteiger partial charge in [0.2, 0.25) is 11.8 Å². The van der Waals surface area contributed by atoms with Gasteiger partial charge in [-0.15, -0.1) is 0 Å². The fourth-order valence-electron chi connectivity index (χ4n) is 5.08. The number of nitrogens with one attached hydrogen (secondary N) is 1. The number of piperidine rings is 1. The van der Waals surface area contributed by atoms with Gasteiger partial charge in [0.05, 0.1) is 19.8 Å². The minimum atomic E-state index is -0.182. The van der Waals surface area contributed by atoms with Crippen LogP contribution < -0.4 is 14.8 Å². The molecule has 4 rings (SSSR count). The Labute approximate surface area is 210 Å². The first kappa shape index (κ1) is 25.5. The van der Waals surface area contributed by atoms with Crippen molar-refractivity contribution in [2.45, 2.75) is 45.4 Å². The Balaban J connectivity index is 1.23. The average Bonchev–Trinajstić information content (AvgIpc) is 3.49. The number of hydrogen-bond acceptors (Lipinski definition) is 7. The van der Waals surface area contributed by atoms with Crippen LogP contribution in [0.25, 0.3) is 0 Å². The van der Waals surface area contributed by atoms with Gasteiger partial charge in [-0.05, 0) is 56.2 Å². The number of carbonyl (C=O) groups excluding carboxylic acids is 3. The van der Waals surface area contributed by atoms with E-state index in [9.17, 15) is 14.4 Å². The summed E-state index contributed by atoms with van der Waals surface area (Å²) in [4.78, 5) is 41.8. The normalized spacial score (nSPS) is 16.8. The Kier molecular flexibility index (Phi) is 7.81. The number of amides is 3. The zero-order chi connectivity index (χ0) is 25.7. The molecule has 3 heterocycles. The number of aromatic nitrogens is 1. The fourth-order valence-corrected chi connectivity index (χ4v) is 5.08. The van der Waals surface area contributed by atoms with Crippen molar-refractivity contribution < 1.29 is 28.4 Å². The van der Waals surface area contributed by atoms with Gasteiger partial charge in [0.15, 0.2) is 5.82 Å². The lowest BCUT2D eigenvalue weighted by Gasteiger charge is -2.39. The van der Waals surface area contributed by atoms with Crippen LogP contribution in [-0.4, -0.2) is 73.1 Å². The molecule has 1 aromatic carbocycles. The maximum Gasteiger partial charge on any atom is 0.257 e. The monoisotopic (exact) mass is 498 g/mol. The molecule has 0 aliphatic carbocycles. The molecule has 10 nitrogen and oxygen atoms in total. The highest BCUT2D eigenvalue weighted by atomic mass is 16.5. The van der Waals surface area contributed by atoms with E-state index in [0.29, 0.717) is 61.1 Å². The van der Waals surface area contributed by atoms with Crippen molar-refractivity contribution in [1.29, 1.82) is 0 Å². The predicted molar refractivity (Wildman–Crippen MR) is 132 cm³/mol.